The second-order valence-electron chi connectivity index (χ2n) is 3.76. The van der Waals surface area contributed by atoms with E-state index in [0.717, 1.165) is 6.42 Å². The topological polar surface area (TPSA) is 101 Å². The second kappa shape index (κ2) is 5.70. The van der Waals surface area contributed by atoms with E-state index in [2.05, 4.69) is 15.2 Å². The Kier molecular flexibility index (Phi) is 4.00. The third-order valence-electron chi connectivity index (χ3n) is 2.35. The molecule has 8 heteroatoms. The van der Waals surface area contributed by atoms with Gasteiger partial charge >= 0.3 is 11.7 Å². The zero-order chi connectivity index (χ0) is 13.8. The minimum absolute atomic E-state index is 0.123. The van der Waals surface area contributed by atoms with E-state index in [-0.39, 0.29) is 11.3 Å². The number of hydrogen-bond acceptors (Lipinski definition) is 5. The van der Waals surface area contributed by atoms with E-state index in [4.69, 9.17) is 5.11 Å². The number of aromatic amines is 1. The van der Waals surface area contributed by atoms with Gasteiger partial charge in [0.25, 0.3) is 0 Å². The van der Waals surface area contributed by atoms with Crippen LogP contribution in [0.15, 0.2) is 33.3 Å². The number of aromatic nitrogens is 4. The number of carboxylic acids is 1. The molecule has 0 aliphatic carbocycles. The fraction of sp³-hybridized carbons (Fsp3) is 0.273. The molecule has 2 aromatic heterocycles. The van der Waals surface area contributed by atoms with Crippen molar-refractivity contribution < 1.29 is 9.90 Å². The molecule has 0 saturated heterocycles. The number of H-pyrrole nitrogens is 1. The zero-order valence-electron chi connectivity index (χ0n) is 10.2. The number of hydrogen-bond donors (Lipinski definition) is 2. The fourth-order valence-corrected chi connectivity index (χ4v) is 2.27. The number of rotatable bonds is 5. The van der Waals surface area contributed by atoms with Crippen LogP contribution in [0.2, 0.25) is 0 Å². The van der Waals surface area contributed by atoms with Gasteiger partial charge in [-0.2, -0.15) is 0 Å². The lowest BCUT2D eigenvalue weighted by Gasteiger charge is -2.03. The summed E-state index contributed by atoms with van der Waals surface area (Å²) in [5.74, 6) is -1.02. The summed E-state index contributed by atoms with van der Waals surface area (Å²) in [5, 5.41) is 16.2. The average Bonchev–Trinajstić information content (AvgIpc) is 2.73. The van der Waals surface area contributed by atoms with Crippen LogP contribution in [-0.4, -0.2) is 30.8 Å². The zero-order valence-corrected chi connectivity index (χ0v) is 11.0. The molecule has 0 spiro atoms. The quantitative estimate of drug-likeness (QED) is 0.854. The monoisotopic (exact) mass is 280 g/mol. The average molecular weight is 280 g/mol. The number of carboxylic acid groups (broad SMARTS) is 1. The van der Waals surface area contributed by atoms with E-state index in [1.165, 1.54) is 28.6 Å². The summed E-state index contributed by atoms with van der Waals surface area (Å²) in [6.07, 6.45) is 2.10. The van der Waals surface area contributed by atoms with E-state index in [1.807, 2.05) is 6.92 Å². The van der Waals surface area contributed by atoms with Gasteiger partial charge in [0.2, 0.25) is 0 Å². The van der Waals surface area contributed by atoms with Gasteiger partial charge in [-0.25, -0.2) is 19.7 Å². The van der Waals surface area contributed by atoms with Crippen molar-refractivity contribution in [1.82, 2.24) is 19.7 Å². The first kappa shape index (κ1) is 13.3. The highest BCUT2D eigenvalue weighted by atomic mass is 32.2. The molecule has 0 fully saturated rings. The first-order valence-electron chi connectivity index (χ1n) is 5.64. The smallest absolute Gasteiger partial charge is 0.343 e. The highest BCUT2D eigenvalue weighted by Crippen LogP contribution is 2.23. The van der Waals surface area contributed by atoms with Crippen LogP contribution < -0.4 is 5.69 Å². The van der Waals surface area contributed by atoms with Crippen LogP contribution >= 0.6 is 11.8 Å². The summed E-state index contributed by atoms with van der Waals surface area (Å²) in [6.45, 7) is 2.54. The van der Waals surface area contributed by atoms with Crippen LogP contribution in [0.3, 0.4) is 0 Å². The van der Waals surface area contributed by atoms with Gasteiger partial charge in [-0.15, -0.1) is 5.10 Å². The van der Waals surface area contributed by atoms with Crippen molar-refractivity contribution in [2.75, 3.05) is 0 Å². The lowest BCUT2D eigenvalue weighted by molar-refractivity contribution is 0.0696. The molecular weight excluding hydrogens is 268 g/mol. The predicted octanol–water partition coefficient (Wildman–Crippen LogP) is 1.23. The van der Waals surface area contributed by atoms with Crippen LogP contribution in [0.5, 0.6) is 0 Å². The first-order valence-corrected chi connectivity index (χ1v) is 6.46. The summed E-state index contributed by atoms with van der Waals surface area (Å²) < 4.78 is 1.53. The van der Waals surface area contributed by atoms with Gasteiger partial charge in [0, 0.05) is 12.7 Å². The molecule has 0 aliphatic heterocycles. The van der Waals surface area contributed by atoms with Gasteiger partial charge in [-0.1, -0.05) is 6.92 Å². The van der Waals surface area contributed by atoms with Crippen molar-refractivity contribution in [3.8, 4) is 0 Å². The number of pyridine rings is 1. The Bertz CT molecular complexity index is 632. The molecule has 0 atom stereocenters. The molecule has 0 radical (unpaired) electrons. The van der Waals surface area contributed by atoms with Crippen LogP contribution in [0, 0.1) is 0 Å². The maximum absolute atomic E-state index is 11.5. The molecule has 19 heavy (non-hydrogen) atoms. The van der Waals surface area contributed by atoms with Crippen molar-refractivity contribution in [2.45, 2.75) is 30.1 Å². The Morgan fingerprint density at radius 1 is 1.53 bits per heavy atom. The molecule has 0 aliphatic rings. The summed E-state index contributed by atoms with van der Waals surface area (Å²) in [7, 11) is 0. The van der Waals surface area contributed by atoms with Gasteiger partial charge in [-0.3, -0.25) is 4.57 Å². The minimum atomic E-state index is -1.02. The van der Waals surface area contributed by atoms with Gasteiger partial charge in [0.15, 0.2) is 5.16 Å². The Morgan fingerprint density at radius 2 is 2.32 bits per heavy atom. The number of nitrogens with zero attached hydrogens (tertiary/aromatic N) is 3. The minimum Gasteiger partial charge on any atom is -0.478 e. The highest BCUT2D eigenvalue weighted by Gasteiger charge is 2.10. The van der Waals surface area contributed by atoms with Gasteiger partial charge in [-0.05, 0) is 30.3 Å². The van der Waals surface area contributed by atoms with Crippen LogP contribution in [0.1, 0.15) is 23.7 Å². The molecule has 0 saturated carbocycles. The Balaban J connectivity index is 2.21. The lowest BCUT2D eigenvalue weighted by Crippen LogP contribution is -2.17. The van der Waals surface area contributed by atoms with E-state index in [0.29, 0.717) is 16.7 Å². The number of carbonyl (C=O) groups is 1. The van der Waals surface area contributed by atoms with Crippen LogP contribution in [0.25, 0.3) is 0 Å². The molecule has 2 N–H and O–H groups in total. The van der Waals surface area contributed by atoms with Crippen molar-refractivity contribution >= 4 is 17.7 Å². The van der Waals surface area contributed by atoms with Crippen LogP contribution in [-0.2, 0) is 6.54 Å². The van der Waals surface area contributed by atoms with Crippen molar-refractivity contribution in [3.63, 3.8) is 0 Å². The lowest BCUT2D eigenvalue weighted by atomic mass is 10.3. The van der Waals surface area contributed by atoms with Crippen molar-refractivity contribution in [1.29, 1.82) is 0 Å². The van der Waals surface area contributed by atoms with E-state index >= 15 is 0 Å². The Morgan fingerprint density at radius 3 is 2.89 bits per heavy atom. The van der Waals surface area contributed by atoms with Gasteiger partial charge < -0.3 is 5.11 Å². The van der Waals surface area contributed by atoms with Crippen LogP contribution in [0.4, 0.5) is 0 Å². The summed E-state index contributed by atoms with van der Waals surface area (Å²) in [6, 6.07) is 3.05. The van der Waals surface area contributed by atoms with Crippen molar-refractivity contribution in [3.05, 3.63) is 34.4 Å². The third kappa shape index (κ3) is 3.02. The molecule has 0 amide bonds. The number of aromatic carboxylic acids is 1. The Hall–Kier alpha value is -2.09. The summed E-state index contributed by atoms with van der Waals surface area (Å²) in [4.78, 5) is 26.2. The summed E-state index contributed by atoms with van der Waals surface area (Å²) >= 11 is 1.21. The maximum atomic E-state index is 11.5. The predicted molar refractivity (Wildman–Crippen MR) is 68.5 cm³/mol. The number of nitrogens with one attached hydrogen (secondary N) is 1. The molecule has 2 aromatic rings. The summed E-state index contributed by atoms with van der Waals surface area (Å²) in [5.41, 5.74) is -0.135. The van der Waals surface area contributed by atoms with E-state index in [9.17, 15) is 9.59 Å². The molecule has 0 unspecified atom stereocenters. The molecule has 2 heterocycles. The molecular formula is C11H12N4O3S. The normalized spacial score (nSPS) is 10.6. The highest BCUT2D eigenvalue weighted by molar-refractivity contribution is 7.99. The van der Waals surface area contributed by atoms with Gasteiger partial charge in [0.05, 0.1) is 5.56 Å². The second-order valence-corrected chi connectivity index (χ2v) is 4.74. The molecule has 2 rings (SSSR count). The standard InChI is InChI=1S/C11H12N4O3S/c1-2-5-15-10(18)13-14-11(15)19-8-4-3-7(6-12-8)9(16)17/h3-4,6H,2,5H2,1H3,(H,13,18)(H,16,17). The third-order valence-corrected chi connectivity index (χ3v) is 3.29. The SMILES string of the molecule is CCCn1c(Sc2ccc(C(=O)O)cn2)n[nH]c1=O. The molecule has 0 bridgehead atoms. The maximum Gasteiger partial charge on any atom is 0.343 e. The van der Waals surface area contributed by atoms with Gasteiger partial charge in [0.1, 0.15) is 5.03 Å². The molecule has 7 nitrogen and oxygen atoms in total. The first-order chi connectivity index (χ1) is 9.11. The van der Waals surface area contributed by atoms with E-state index in [1.54, 1.807) is 6.07 Å². The Labute approximate surface area is 112 Å². The molecule has 100 valence electrons. The van der Waals surface area contributed by atoms with Crippen molar-refractivity contribution in [2.24, 2.45) is 0 Å². The largest absolute Gasteiger partial charge is 0.478 e. The fourth-order valence-electron chi connectivity index (χ4n) is 1.46. The molecule has 0 aromatic carbocycles. The van der Waals surface area contributed by atoms with E-state index < -0.39 is 5.97 Å².